The van der Waals surface area contributed by atoms with Crippen LogP contribution in [0.25, 0.3) is 0 Å². The van der Waals surface area contributed by atoms with Crippen LogP contribution in [-0.4, -0.2) is 49.8 Å². The first-order valence-electron chi connectivity index (χ1n) is 6.69. The van der Waals surface area contributed by atoms with E-state index in [0.717, 1.165) is 15.8 Å². The number of carbonyl (C=O) groups is 2. The van der Waals surface area contributed by atoms with Gasteiger partial charge >= 0.3 is 5.97 Å². The minimum atomic E-state index is -2.67. The molecular formula is C14H14F2N4O3. The Labute approximate surface area is 130 Å². The summed E-state index contributed by atoms with van der Waals surface area (Å²) >= 11 is 0. The molecule has 2 aromatic rings. The fraction of sp³-hybridized carbons (Fsp3) is 0.286. The molecule has 0 bridgehead atoms. The van der Waals surface area contributed by atoms with E-state index in [1.54, 1.807) is 30.3 Å². The van der Waals surface area contributed by atoms with Crippen LogP contribution in [0.5, 0.6) is 0 Å². The van der Waals surface area contributed by atoms with Gasteiger partial charge in [-0.15, -0.1) is 5.10 Å². The number of benzene rings is 1. The third-order valence-electron chi connectivity index (χ3n) is 2.98. The molecular weight excluding hydrogens is 310 g/mol. The molecule has 0 saturated carbocycles. The fourth-order valence-corrected chi connectivity index (χ4v) is 1.94. The Morgan fingerprint density at radius 1 is 1.26 bits per heavy atom. The largest absolute Gasteiger partial charge is 0.476 e. The fourth-order valence-electron chi connectivity index (χ4n) is 1.94. The summed E-state index contributed by atoms with van der Waals surface area (Å²) in [5, 5.41) is 15.6. The normalized spacial score (nSPS) is 10.7. The zero-order valence-corrected chi connectivity index (χ0v) is 12.0. The second-order valence-corrected chi connectivity index (χ2v) is 4.76. The Morgan fingerprint density at radius 2 is 1.96 bits per heavy atom. The first-order chi connectivity index (χ1) is 11.0. The summed E-state index contributed by atoms with van der Waals surface area (Å²) in [5.41, 5.74) is 0.396. The lowest BCUT2D eigenvalue weighted by molar-refractivity contribution is -0.134. The highest BCUT2D eigenvalue weighted by molar-refractivity contribution is 5.84. The summed E-state index contributed by atoms with van der Waals surface area (Å²) < 4.78 is 26.4. The smallest absolute Gasteiger partial charge is 0.358 e. The third-order valence-corrected chi connectivity index (χ3v) is 2.98. The van der Waals surface area contributed by atoms with Crippen LogP contribution < -0.4 is 0 Å². The minimum absolute atomic E-state index is 0.0322. The monoisotopic (exact) mass is 324 g/mol. The van der Waals surface area contributed by atoms with Crippen LogP contribution in [0.15, 0.2) is 36.5 Å². The van der Waals surface area contributed by atoms with Crippen LogP contribution in [0.2, 0.25) is 0 Å². The quantitative estimate of drug-likeness (QED) is 0.828. The lowest BCUT2D eigenvalue weighted by atomic mass is 10.2. The molecule has 1 aromatic heterocycles. The number of hydrogen-bond donors (Lipinski definition) is 1. The van der Waals surface area contributed by atoms with E-state index in [4.69, 9.17) is 5.11 Å². The van der Waals surface area contributed by atoms with Crippen molar-refractivity contribution in [2.75, 3.05) is 6.54 Å². The van der Waals surface area contributed by atoms with Gasteiger partial charge in [-0.25, -0.2) is 18.3 Å². The van der Waals surface area contributed by atoms with Gasteiger partial charge in [0.05, 0.1) is 12.7 Å². The number of carboxylic acids is 1. The van der Waals surface area contributed by atoms with Crippen molar-refractivity contribution in [3.63, 3.8) is 0 Å². The summed E-state index contributed by atoms with van der Waals surface area (Å²) in [5.74, 6) is -1.88. The molecule has 0 fully saturated rings. The van der Waals surface area contributed by atoms with Crippen LogP contribution in [0.3, 0.4) is 0 Å². The minimum Gasteiger partial charge on any atom is -0.476 e. The number of aromatic carboxylic acids is 1. The maximum Gasteiger partial charge on any atom is 0.358 e. The number of halogens is 2. The molecule has 1 N–H and O–H groups in total. The van der Waals surface area contributed by atoms with Crippen molar-refractivity contribution in [3.05, 3.63) is 47.8 Å². The molecule has 23 heavy (non-hydrogen) atoms. The van der Waals surface area contributed by atoms with Crippen molar-refractivity contribution in [2.24, 2.45) is 0 Å². The zero-order chi connectivity index (χ0) is 16.8. The summed E-state index contributed by atoms with van der Waals surface area (Å²) in [4.78, 5) is 23.9. The van der Waals surface area contributed by atoms with Crippen molar-refractivity contribution in [2.45, 2.75) is 19.5 Å². The van der Waals surface area contributed by atoms with E-state index < -0.39 is 24.8 Å². The van der Waals surface area contributed by atoms with Gasteiger partial charge in [0.2, 0.25) is 5.91 Å². The molecule has 2 rings (SSSR count). The molecule has 0 saturated heterocycles. The average molecular weight is 324 g/mol. The molecule has 0 atom stereocenters. The summed E-state index contributed by atoms with van der Waals surface area (Å²) in [7, 11) is 0. The Morgan fingerprint density at radius 3 is 2.52 bits per heavy atom. The average Bonchev–Trinajstić information content (AvgIpc) is 2.96. The van der Waals surface area contributed by atoms with E-state index in [1.165, 1.54) is 0 Å². The molecule has 1 amide bonds. The Bertz CT molecular complexity index is 676. The molecule has 0 radical (unpaired) electrons. The van der Waals surface area contributed by atoms with Gasteiger partial charge in [-0.1, -0.05) is 35.5 Å². The predicted octanol–water partition coefficient (Wildman–Crippen LogP) is 1.27. The van der Waals surface area contributed by atoms with Crippen LogP contribution in [-0.2, 0) is 17.9 Å². The number of alkyl halides is 2. The highest BCUT2D eigenvalue weighted by Gasteiger charge is 2.20. The molecule has 1 heterocycles. The van der Waals surface area contributed by atoms with Gasteiger partial charge in [0, 0.05) is 6.54 Å². The second kappa shape index (κ2) is 7.43. The van der Waals surface area contributed by atoms with Crippen LogP contribution in [0.4, 0.5) is 8.78 Å². The number of rotatable bonds is 7. The zero-order valence-electron chi connectivity index (χ0n) is 12.0. The number of aromatic nitrogens is 3. The van der Waals surface area contributed by atoms with Gasteiger partial charge in [-0.2, -0.15) is 0 Å². The number of amides is 1. The van der Waals surface area contributed by atoms with E-state index in [-0.39, 0.29) is 18.8 Å². The number of carbonyl (C=O) groups excluding carboxylic acids is 1. The van der Waals surface area contributed by atoms with E-state index >= 15 is 0 Å². The van der Waals surface area contributed by atoms with Crippen LogP contribution >= 0.6 is 0 Å². The summed E-state index contributed by atoms with van der Waals surface area (Å²) in [6.45, 7) is -1.04. The molecule has 122 valence electrons. The van der Waals surface area contributed by atoms with Crippen LogP contribution in [0, 0.1) is 0 Å². The Hall–Kier alpha value is -2.84. The molecule has 0 aliphatic heterocycles. The molecule has 0 aliphatic rings. The third kappa shape index (κ3) is 4.83. The van der Waals surface area contributed by atoms with Gasteiger partial charge in [-0.05, 0) is 5.56 Å². The highest BCUT2D eigenvalue weighted by atomic mass is 19.3. The molecule has 7 nitrogen and oxygen atoms in total. The van der Waals surface area contributed by atoms with E-state index in [9.17, 15) is 18.4 Å². The number of nitrogens with zero attached hydrogens (tertiary/aromatic N) is 4. The highest BCUT2D eigenvalue weighted by Crippen LogP contribution is 2.08. The van der Waals surface area contributed by atoms with Gasteiger partial charge in [0.25, 0.3) is 6.43 Å². The van der Waals surface area contributed by atoms with Crippen molar-refractivity contribution < 1.29 is 23.5 Å². The molecule has 9 heteroatoms. The van der Waals surface area contributed by atoms with E-state index in [1.807, 2.05) is 0 Å². The first kappa shape index (κ1) is 16.5. The number of carboxylic acid groups (broad SMARTS) is 1. The maximum atomic E-state index is 12.7. The summed E-state index contributed by atoms with van der Waals surface area (Å²) in [6.07, 6.45) is -1.60. The Kier molecular flexibility index (Phi) is 5.34. The van der Waals surface area contributed by atoms with Gasteiger partial charge < -0.3 is 10.0 Å². The molecule has 0 aliphatic carbocycles. The first-order valence-corrected chi connectivity index (χ1v) is 6.69. The van der Waals surface area contributed by atoms with Crippen LogP contribution in [0.1, 0.15) is 16.1 Å². The van der Waals surface area contributed by atoms with Crippen molar-refractivity contribution >= 4 is 11.9 Å². The standard InChI is InChI=1S/C14H14F2N4O3/c15-12(16)8-19(6-10-4-2-1-3-5-10)13(21)9-20-7-11(14(22)23)17-18-20/h1-5,7,12H,6,8-9H2,(H,22,23). The molecule has 0 unspecified atom stereocenters. The maximum absolute atomic E-state index is 12.7. The van der Waals surface area contributed by atoms with E-state index in [0.29, 0.717) is 5.56 Å². The molecule has 1 aromatic carbocycles. The second-order valence-electron chi connectivity index (χ2n) is 4.76. The van der Waals surface area contributed by atoms with Crippen molar-refractivity contribution in [1.82, 2.24) is 19.9 Å². The summed E-state index contributed by atoms with van der Waals surface area (Å²) in [6, 6.07) is 8.73. The van der Waals surface area contributed by atoms with Gasteiger partial charge in [-0.3, -0.25) is 4.79 Å². The van der Waals surface area contributed by atoms with Crippen molar-refractivity contribution in [3.8, 4) is 0 Å². The lowest BCUT2D eigenvalue weighted by Crippen LogP contribution is -2.37. The SMILES string of the molecule is O=C(O)c1cn(CC(=O)N(Cc2ccccc2)CC(F)F)nn1. The van der Waals surface area contributed by atoms with Crippen molar-refractivity contribution in [1.29, 1.82) is 0 Å². The van der Waals surface area contributed by atoms with Gasteiger partial charge in [0.1, 0.15) is 6.54 Å². The predicted molar refractivity (Wildman–Crippen MR) is 74.8 cm³/mol. The number of hydrogen-bond acceptors (Lipinski definition) is 4. The van der Waals surface area contributed by atoms with Gasteiger partial charge in [0.15, 0.2) is 5.69 Å². The lowest BCUT2D eigenvalue weighted by Gasteiger charge is -2.22. The molecule has 0 spiro atoms. The topological polar surface area (TPSA) is 88.3 Å². The van der Waals surface area contributed by atoms with E-state index in [2.05, 4.69) is 10.3 Å². The Balaban J connectivity index is 2.07.